The van der Waals surface area contributed by atoms with Crippen LogP contribution < -0.4 is 0 Å². The summed E-state index contributed by atoms with van der Waals surface area (Å²) in [6.07, 6.45) is -0.904. The van der Waals surface area contributed by atoms with E-state index in [2.05, 4.69) is 0 Å². The molecular formula is C13H23NO4. The maximum Gasteiger partial charge on any atom is 0.410 e. The number of Topliss-reactive ketones (excluding diaryl/α,β-unsaturated/α-hetero) is 1. The number of morpholine rings is 1. The molecule has 0 aliphatic carbocycles. The van der Waals surface area contributed by atoms with Crippen LogP contribution in [0.5, 0.6) is 0 Å². The zero-order valence-corrected chi connectivity index (χ0v) is 11.9. The summed E-state index contributed by atoms with van der Waals surface area (Å²) in [6, 6.07) is 0. The van der Waals surface area contributed by atoms with Crippen molar-refractivity contribution >= 4 is 11.9 Å². The lowest BCUT2D eigenvalue weighted by Gasteiger charge is -2.34. The van der Waals surface area contributed by atoms with Gasteiger partial charge in [-0.15, -0.1) is 0 Å². The topological polar surface area (TPSA) is 55.8 Å². The van der Waals surface area contributed by atoms with Gasteiger partial charge in [0.15, 0.2) is 5.78 Å². The molecule has 0 aromatic heterocycles. The number of rotatable bonds is 2. The van der Waals surface area contributed by atoms with E-state index in [1.807, 2.05) is 34.6 Å². The molecule has 18 heavy (non-hydrogen) atoms. The predicted molar refractivity (Wildman–Crippen MR) is 67.4 cm³/mol. The van der Waals surface area contributed by atoms with Crippen LogP contribution in [0.4, 0.5) is 4.79 Å². The maximum absolute atomic E-state index is 11.9. The van der Waals surface area contributed by atoms with Crippen LogP contribution in [0.1, 0.15) is 34.6 Å². The summed E-state index contributed by atoms with van der Waals surface area (Å²) in [5.74, 6) is -0.0585. The zero-order chi connectivity index (χ0) is 13.9. The third-order valence-corrected chi connectivity index (χ3v) is 2.60. The van der Waals surface area contributed by atoms with Gasteiger partial charge in [0.2, 0.25) is 0 Å². The van der Waals surface area contributed by atoms with Crippen LogP contribution in [0.15, 0.2) is 0 Å². The van der Waals surface area contributed by atoms with Crippen LogP contribution >= 0.6 is 0 Å². The highest BCUT2D eigenvalue weighted by molar-refractivity contribution is 5.85. The van der Waals surface area contributed by atoms with Gasteiger partial charge in [0.05, 0.1) is 13.2 Å². The molecule has 104 valence electrons. The fourth-order valence-electron chi connectivity index (χ4n) is 1.69. The van der Waals surface area contributed by atoms with Crippen LogP contribution in [0, 0.1) is 5.92 Å². The minimum Gasteiger partial charge on any atom is -0.444 e. The van der Waals surface area contributed by atoms with Crippen molar-refractivity contribution in [1.82, 2.24) is 4.90 Å². The van der Waals surface area contributed by atoms with E-state index in [9.17, 15) is 9.59 Å². The molecule has 1 fully saturated rings. The van der Waals surface area contributed by atoms with E-state index in [4.69, 9.17) is 9.47 Å². The lowest BCUT2D eigenvalue weighted by atomic mass is 10.0. The van der Waals surface area contributed by atoms with Gasteiger partial charge in [0.1, 0.15) is 11.7 Å². The van der Waals surface area contributed by atoms with Crippen LogP contribution in [-0.2, 0) is 14.3 Å². The summed E-state index contributed by atoms with van der Waals surface area (Å²) in [4.78, 5) is 25.3. The normalized spacial score (nSPS) is 21.0. The molecule has 5 heteroatoms. The number of carbonyl (C=O) groups excluding carboxylic acids is 2. The third-order valence-electron chi connectivity index (χ3n) is 2.60. The average Bonchev–Trinajstić information content (AvgIpc) is 2.25. The van der Waals surface area contributed by atoms with Crippen molar-refractivity contribution in [3.63, 3.8) is 0 Å². The molecule has 0 bridgehead atoms. The molecule has 0 aromatic carbocycles. The number of amides is 1. The van der Waals surface area contributed by atoms with Crippen molar-refractivity contribution in [2.45, 2.75) is 46.3 Å². The van der Waals surface area contributed by atoms with Gasteiger partial charge in [-0.25, -0.2) is 4.79 Å². The van der Waals surface area contributed by atoms with Crippen molar-refractivity contribution in [2.24, 2.45) is 5.92 Å². The van der Waals surface area contributed by atoms with Gasteiger partial charge in [-0.2, -0.15) is 0 Å². The van der Waals surface area contributed by atoms with E-state index in [1.165, 1.54) is 0 Å². The van der Waals surface area contributed by atoms with Crippen molar-refractivity contribution in [1.29, 1.82) is 0 Å². The maximum atomic E-state index is 11.9. The molecule has 1 saturated heterocycles. The van der Waals surface area contributed by atoms with Gasteiger partial charge in [-0.1, -0.05) is 13.8 Å². The Morgan fingerprint density at radius 1 is 1.33 bits per heavy atom. The number of ether oxygens (including phenoxy) is 2. The Bertz CT molecular complexity index is 319. The smallest absolute Gasteiger partial charge is 0.410 e. The SMILES string of the molecule is CC(C)C(=O)C1CN(C(=O)OC(C)(C)C)CCO1. The zero-order valence-electron chi connectivity index (χ0n) is 11.9. The first-order valence-electron chi connectivity index (χ1n) is 6.34. The van der Waals surface area contributed by atoms with E-state index < -0.39 is 11.7 Å². The molecule has 1 rings (SSSR count). The summed E-state index contributed by atoms with van der Waals surface area (Å²) in [7, 11) is 0. The van der Waals surface area contributed by atoms with Gasteiger partial charge in [0.25, 0.3) is 0 Å². The van der Waals surface area contributed by atoms with Crippen molar-refractivity contribution in [2.75, 3.05) is 19.7 Å². The fourth-order valence-corrected chi connectivity index (χ4v) is 1.69. The number of hydrogen-bond acceptors (Lipinski definition) is 4. The van der Waals surface area contributed by atoms with Crippen LogP contribution in [-0.4, -0.2) is 48.2 Å². The Hall–Kier alpha value is -1.10. The van der Waals surface area contributed by atoms with E-state index in [0.717, 1.165) is 0 Å². The Balaban J connectivity index is 2.59. The van der Waals surface area contributed by atoms with E-state index in [1.54, 1.807) is 4.90 Å². The van der Waals surface area contributed by atoms with Gasteiger partial charge in [-0.05, 0) is 20.8 Å². The molecule has 1 aliphatic heterocycles. The quantitative estimate of drug-likeness (QED) is 0.757. The second-order valence-corrected chi connectivity index (χ2v) is 5.84. The molecule has 1 atom stereocenters. The standard InChI is InChI=1S/C13H23NO4/c1-9(2)11(15)10-8-14(6-7-17-10)12(16)18-13(3,4)5/h9-10H,6-8H2,1-5H3. The fraction of sp³-hybridized carbons (Fsp3) is 0.846. The first-order valence-corrected chi connectivity index (χ1v) is 6.34. The van der Waals surface area contributed by atoms with Crippen LogP contribution in [0.25, 0.3) is 0 Å². The highest BCUT2D eigenvalue weighted by atomic mass is 16.6. The minimum atomic E-state index is -0.522. The number of carbonyl (C=O) groups is 2. The summed E-state index contributed by atoms with van der Waals surface area (Å²) >= 11 is 0. The molecule has 1 heterocycles. The first kappa shape index (κ1) is 15.0. The van der Waals surface area contributed by atoms with Crippen LogP contribution in [0.3, 0.4) is 0 Å². The molecular weight excluding hydrogens is 234 g/mol. The Morgan fingerprint density at radius 2 is 1.94 bits per heavy atom. The molecule has 0 saturated carbocycles. The molecule has 5 nitrogen and oxygen atoms in total. The third kappa shape index (κ3) is 4.29. The molecule has 0 N–H and O–H groups in total. The molecule has 0 spiro atoms. The number of nitrogens with zero attached hydrogens (tertiary/aromatic N) is 1. The van der Waals surface area contributed by atoms with Gasteiger partial charge in [-0.3, -0.25) is 4.79 Å². The largest absolute Gasteiger partial charge is 0.444 e. The molecule has 1 aliphatic rings. The Labute approximate surface area is 108 Å². The molecule has 0 aromatic rings. The Kier molecular flexibility index (Phi) is 4.73. The summed E-state index contributed by atoms with van der Waals surface area (Å²) < 4.78 is 10.7. The van der Waals surface area contributed by atoms with E-state index >= 15 is 0 Å². The van der Waals surface area contributed by atoms with Gasteiger partial charge < -0.3 is 14.4 Å². The molecule has 0 radical (unpaired) electrons. The van der Waals surface area contributed by atoms with Crippen LogP contribution in [0.2, 0.25) is 0 Å². The number of ketones is 1. The van der Waals surface area contributed by atoms with E-state index in [-0.39, 0.29) is 24.3 Å². The first-order chi connectivity index (χ1) is 8.20. The van der Waals surface area contributed by atoms with Gasteiger partial charge in [0, 0.05) is 12.5 Å². The minimum absolute atomic E-state index is 0.0308. The number of hydrogen-bond donors (Lipinski definition) is 0. The lowest BCUT2D eigenvalue weighted by molar-refractivity contribution is -0.138. The summed E-state index contributed by atoms with van der Waals surface area (Å²) in [5, 5.41) is 0. The predicted octanol–water partition coefficient (Wildman–Crippen LogP) is 1.85. The highest BCUT2D eigenvalue weighted by Crippen LogP contribution is 2.15. The monoisotopic (exact) mass is 257 g/mol. The van der Waals surface area contributed by atoms with Crippen molar-refractivity contribution in [3.8, 4) is 0 Å². The summed E-state index contributed by atoms with van der Waals surface area (Å²) in [6.45, 7) is 10.3. The molecule has 1 unspecified atom stereocenters. The second kappa shape index (κ2) is 5.69. The lowest BCUT2D eigenvalue weighted by Crippen LogP contribution is -2.50. The molecule has 1 amide bonds. The average molecular weight is 257 g/mol. The van der Waals surface area contributed by atoms with Crippen molar-refractivity contribution in [3.05, 3.63) is 0 Å². The highest BCUT2D eigenvalue weighted by Gasteiger charge is 2.32. The second-order valence-electron chi connectivity index (χ2n) is 5.84. The van der Waals surface area contributed by atoms with E-state index in [0.29, 0.717) is 13.2 Å². The van der Waals surface area contributed by atoms with Gasteiger partial charge >= 0.3 is 6.09 Å². The van der Waals surface area contributed by atoms with Crippen molar-refractivity contribution < 1.29 is 19.1 Å². The summed E-state index contributed by atoms with van der Waals surface area (Å²) in [5.41, 5.74) is -0.521. The Morgan fingerprint density at radius 3 is 2.44 bits per heavy atom.